The largest absolute Gasteiger partial charge is 0.392 e. The second kappa shape index (κ2) is 5.48. The molecule has 1 aromatic heterocycles. The van der Waals surface area contributed by atoms with Gasteiger partial charge in [0.1, 0.15) is 5.03 Å². The quantitative estimate of drug-likeness (QED) is 0.898. The molecule has 0 amide bonds. The van der Waals surface area contributed by atoms with Crippen molar-refractivity contribution in [1.82, 2.24) is 4.98 Å². The van der Waals surface area contributed by atoms with Gasteiger partial charge < -0.3 is 5.11 Å². The van der Waals surface area contributed by atoms with Crippen LogP contribution in [0.3, 0.4) is 0 Å². The van der Waals surface area contributed by atoms with Gasteiger partial charge in [-0.15, -0.1) is 0 Å². The lowest BCUT2D eigenvalue weighted by Crippen LogP contribution is -1.84. The Hall–Kier alpha value is -1.83. The first-order valence-electron chi connectivity index (χ1n) is 5.05. The summed E-state index contributed by atoms with van der Waals surface area (Å²) in [4.78, 5) is 5.19. The molecule has 4 heteroatoms. The standard InChI is InChI=1S/C13H10N2OS/c14-8-10-4-5-15-13(7-10)17-12-3-1-2-11(6-12)9-16/h1-7,16H,9H2. The van der Waals surface area contributed by atoms with Crippen molar-refractivity contribution in [3.8, 4) is 6.07 Å². The lowest BCUT2D eigenvalue weighted by atomic mass is 10.2. The number of aliphatic hydroxyl groups is 1. The molecule has 0 saturated carbocycles. The number of hydrogen-bond acceptors (Lipinski definition) is 4. The Morgan fingerprint density at radius 1 is 1.29 bits per heavy atom. The summed E-state index contributed by atoms with van der Waals surface area (Å²) >= 11 is 1.47. The highest BCUT2D eigenvalue weighted by molar-refractivity contribution is 7.99. The van der Waals surface area contributed by atoms with E-state index in [1.54, 1.807) is 18.3 Å². The van der Waals surface area contributed by atoms with Crippen molar-refractivity contribution in [3.05, 3.63) is 53.7 Å². The zero-order valence-electron chi connectivity index (χ0n) is 9.00. The van der Waals surface area contributed by atoms with E-state index in [9.17, 15) is 0 Å². The smallest absolute Gasteiger partial charge is 0.102 e. The molecule has 3 nitrogen and oxygen atoms in total. The average molecular weight is 242 g/mol. The van der Waals surface area contributed by atoms with E-state index in [1.807, 2.05) is 24.3 Å². The monoisotopic (exact) mass is 242 g/mol. The summed E-state index contributed by atoms with van der Waals surface area (Å²) in [5.74, 6) is 0. The Labute approximate surface area is 104 Å². The van der Waals surface area contributed by atoms with Crippen molar-refractivity contribution in [2.24, 2.45) is 0 Å². The molecule has 0 unspecified atom stereocenters. The molecule has 0 aliphatic rings. The number of aliphatic hydroxyl groups excluding tert-OH is 1. The minimum absolute atomic E-state index is 0.0278. The molecule has 1 N–H and O–H groups in total. The minimum atomic E-state index is 0.0278. The van der Waals surface area contributed by atoms with Crippen LogP contribution >= 0.6 is 11.8 Å². The van der Waals surface area contributed by atoms with Crippen molar-refractivity contribution in [1.29, 1.82) is 5.26 Å². The number of pyridine rings is 1. The Balaban J connectivity index is 2.22. The lowest BCUT2D eigenvalue weighted by Gasteiger charge is -2.02. The second-order valence-corrected chi connectivity index (χ2v) is 4.50. The molecule has 2 rings (SSSR count). The van der Waals surface area contributed by atoms with E-state index in [-0.39, 0.29) is 6.61 Å². The van der Waals surface area contributed by atoms with Gasteiger partial charge in [-0.05, 0) is 29.8 Å². The van der Waals surface area contributed by atoms with Gasteiger partial charge in [0.25, 0.3) is 0 Å². The molecule has 84 valence electrons. The van der Waals surface area contributed by atoms with Gasteiger partial charge in [-0.1, -0.05) is 23.9 Å². The maximum atomic E-state index is 9.04. The lowest BCUT2D eigenvalue weighted by molar-refractivity contribution is 0.281. The first-order valence-corrected chi connectivity index (χ1v) is 5.87. The number of benzene rings is 1. The van der Waals surface area contributed by atoms with Crippen LogP contribution in [0.25, 0.3) is 0 Å². The fourth-order valence-electron chi connectivity index (χ4n) is 1.36. The van der Waals surface area contributed by atoms with Crippen molar-refractivity contribution in [2.45, 2.75) is 16.5 Å². The van der Waals surface area contributed by atoms with Crippen molar-refractivity contribution in [2.75, 3.05) is 0 Å². The third-order valence-electron chi connectivity index (χ3n) is 2.17. The molecule has 17 heavy (non-hydrogen) atoms. The molecule has 0 atom stereocenters. The molecule has 2 aromatic rings. The molecule has 0 aliphatic carbocycles. The highest BCUT2D eigenvalue weighted by atomic mass is 32.2. The molecule has 0 aliphatic heterocycles. The summed E-state index contributed by atoms with van der Waals surface area (Å²) in [6, 6.07) is 13.1. The Bertz CT molecular complexity index is 563. The first kappa shape index (κ1) is 11.6. The van der Waals surface area contributed by atoms with Crippen LogP contribution in [-0.4, -0.2) is 10.1 Å². The van der Waals surface area contributed by atoms with Gasteiger partial charge >= 0.3 is 0 Å². The fraction of sp³-hybridized carbons (Fsp3) is 0.0769. The number of hydrogen-bond donors (Lipinski definition) is 1. The van der Waals surface area contributed by atoms with E-state index in [1.165, 1.54) is 11.8 Å². The van der Waals surface area contributed by atoms with E-state index < -0.39 is 0 Å². The Morgan fingerprint density at radius 3 is 2.94 bits per heavy atom. The maximum absolute atomic E-state index is 9.04. The summed E-state index contributed by atoms with van der Waals surface area (Å²) in [6.07, 6.45) is 1.62. The third kappa shape index (κ3) is 3.06. The third-order valence-corrected chi connectivity index (χ3v) is 3.09. The zero-order chi connectivity index (χ0) is 12.1. The molecule has 0 saturated heterocycles. The first-order chi connectivity index (χ1) is 8.31. The molecule has 1 heterocycles. The van der Waals surface area contributed by atoms with Crippen molar-refractivity contribution < 1.29 is 5.11 Å². The van der Waals surface area contributed by atoms with Crippen LogP contribution in [0, 0.1) is 11.3 Å². The summed E-state index contributed by atoms with van der Waals surface area (Å²) in [5, 5.41) is 18.6. The van der Waals surface area contributed by atoms with Crippen LogP contribution in [0.2, 0.25) is 0 Å². The number of nitriles is 1. The van der Waals surface area contributed by atoms with Gasteiger partial charge in [-0.25, -0.2) is 4.98 Å². The Morgan fingerprint density at radius 2 is 2.18 bits per heavy atom. The van der Waals surface area contributed by atoms with Crippen LogP contribution in [0.4, 0.5) is 0 Å². The second-order valence-electron chi connectivity index (χ2n) is 3.40. The van der Waals surface area contributed by atoms with E-state index >= 15 is 0 Å². The van der Waals surface area contributed by atoms with Gasteiger partial charge in [-0.2, -0.15) is 5.26 Å². The molecule has 0 fully saturated rings. The van der Waals surface area contributed by atoms with Crippen molar-refractivity contribution in [3.63, 3.8) is 0 Å². The van der Waals surface area contributed by atoms with Crippen LogP contribution in [0.1, 0.15) is 11.1 Å². The number of nitrogens with zero attached hydrogens (tertiary/aromatic N) is 2. The fourth-order valence-corrected chi connectivity index (χ4v) is 2.26. The van der Waals surface area contributed by atoms with E-state index in [0.29, 0.717) is 5.56 Å². The van der Waals surface area contributed by atoms with E-state index in [0.717, 1.165) is 15.5 Å². The van der Waals surface area contributed by atoms with Gasteiger partial charge in [0.2, 0.25) is 0 Å². The van der Waals surface area contributed by atoms with Gasteiger partial charge in [0, 0.05) is 11.1 Å². The van der Waals surface area contributed by atoms with Crippen molar-refractivity contribution >= 4 is 11.8 Å². The van der Waals surface area contributed by atoms with Crippen LogP contribution in [0.15, 0.2) is 52.5 Å². The minimum Gasteiger partial charge on any atom is -0.392 e. The summed E-state index contributed by atoms with van der Waals surface area (Å²) in [7, 11) is 0. The van der Waals surface area contributed by atoms with Crippen LogP contribution in [-0.2, 0) is 6.61 Å². The Kier molecular flexibility index (Phi) is 3.76. The summed E-state index contributed by atoms with van der Waals surface area (Å²) < 4.78 is 0. The van der Waals surface area contributed by atoms with Gasteiger partial charge in [-0.3, -0.25) is 0 Å². The highest BCUT2D eigenvalue weighted by Crippen LogP contribution is 2.26. The van der Waals surface area contributed by atoms with Gasteiger partial charge in [0.05, 0.1) is 18.2 Å². The predicted molar refractivity (Wildman–Crippen MR) is 65.4 cm³/mol. The van der Waals surface area contributed by atoms with E-state index in [4.69, 9.17) is 10.4 Å². The number of aromatic nitrogens is 1. The molecule has 1 aromatic carbocycles. The van der Waals surface area contributed by atoms with Crippen LogP contribution in [0.5, 0.6) is 0 Å². The number of rotatable bonds is 3. The molecular formula is C13H10N2OS. The molecular weight excluding hydrogens is 232 g/mol. The highest BCUT2D eigenvalue weighted by Gasteiger charge is 2.01. The summed E-state index contributed by atoms with van der Waals surface area (Å²) in [6.45, 7) is 0.0278. The topological polar surface area (TPSA) is 56.9 Å². The zero-order valence-corrected chi connectivity index (χ0v) is 9.81. The molecule has 0 bridgehead atoms. The average Bonchev–Trinajstić information content (AvgIpc) is 2.39. The SMILES string of the molecule is N#Cc1ccnc(Sc2cccc(CO)c2)c1. The summed E-state index contributed by atoms with van der Waals surface area (Å²) in [5.41, 5.74) is 1.47. The molecule has 0 radical (unpaired) electrons. The molecule has 0 spiro atoms. The van der Waals surface area contributed by atoms with Crippen LogP contribution < -0.4 is 0 Å². The normalized spacial score (nSPS) is 9.88. The maximum Gasteiger partial charge on any atom is 0.102 e. The van der Waals surface area contributed by atoms with Gasteiger partial charge in [0.15, 0.2) is 0 Å². The predicted octanol–water partition coefficient (Wildman–Crippen LogP) is 2.60. The van der Waals surface area contributed by atoms with E-state index in [2.05, 4.69) is 11.1 Å².